The Hall–Kier alpha value is -3.36. The van der Waals surface area contributed by atoms with Crippen LogP contribution in [0.4, 0.5) is 13.2 Å². The van der Waals surface area contributed by atoms with Crippen molar-refractivity contribution in [3.05, 3.63) is 71.0 Å². The van der Waals surface area contributed by atoms with E-state index in [1.54, 1.807) is 0 Å². The van der Waals surface area contributed by atoms with E-state index >= 15 is 0 Å². The van der Waals surface area contributed by atoms with Gasteiger partial charge in [0.2, 0.25) is 11.8 Å². The molecule has 2 fully saturated rings. The van der Waals surface area contributed by atoms with E-state index in [4.69, 9.17) is 0 Å². The fourth-order valence-electron chi connectivity index (χ4n) is 3.83. The Bertz CT molecular complexity index is 1020. The minimum Gasteiger partial charge on any atom is -0.342 e. The number of fused-ring (bicyclic) bond motifs is 1. The van der Waals surface area contributed by atoms with E-state index in [2.05, 4.69) is 5.32 Å². The van der Waals surface area contributed by atoms with Gasteiger partial charge in [-0.15, -0.1) is 0 Å². The zero-order valence-electron chi connectivity index (χ0n) is 15.8. The minimum absolute atomic E-state index is 0.0465. The average Bonchev–Trinajstić information content (AvgIpc) is 2.74. The zero-order chi connectivity index (χ0) is 21.4. The molecule has 2 aromatic carbocycles. The highest BCUT2D eigenvalue weighted by atomic mass is 19.2. The number of piperazine rings is 2. The van der Waals surface area contributed by atoms with Gasteiger partial charge in [-0.1, -0.05) is 30.3 Å². The molecule has 2 aliphatic heterocycles. The van der Waals surface area contributed by atoms with Crippen LogP contribution in [0.1, 0.15) is 15.9 Å². The maximum atomic E-state index is 14.0. The topological polar surface area (TPSA) is 69.7 Å². The number of carbonyl (C=O) groups is 3. The molecule has 0 unspecified atom stereocenters. The van der Waals surface area contributed by atoms with Crippen LogP contribution in [0, 0.1) is 17.5 Å². The number of nitrogens with zero attached hydrogens (tertiary/aromatic N) is 2. The summed E-state index contributed by atoms with van der Waals surface area (Å²) in [5.74, 6) is -5.46. The first-order valence-electron chi connectivity index (χ1n) is 9.43. The third kappa shape index (κ3) is 3.62. The highest BCUT2D eigenvalue weighted by Gasteiger charge is 2.44. The summed E-state index contributed by atoms with van der Waals surface area (Å²) in [6.07, 6.45) is 0.345. The summed E-state index contributed by atoms with van der Waals surface area (Å²) in [7, 11) is 0. The van der Waals surface area contributed by atoms with Crippen LogP contribution in [0.15, 0.2) is 42.5 Å². The largest absolute Gasteiger partial charge is 0.342 e. The molecule has 0 aliphatic carbocycles. The number of carbonyl (C=O) groups excluding carboxylic acids is 3. The van der Waals surface area contributed by atoms with Crippen molar-refractivity contribution in [2.24, 2.45) is 0 Å². The summed E-state index contributed by atoms with van der Waals surface area (Å²) in [4.78, 5) is 40.7. The summed E-state index contributed by atoms with van der Waals surface area (Å²) in [6.45, 7) is -0.0308. The van der Waals surface area contributed by atoms with Gasteiger partial charge < -0.3 is 15.1 Å². The minimum atomic E-state index is -1.39. The van der Waals surface area contributed by atoms with Crippen LogP contribution in [0.3, 0.4) is 0 Å². The molecule has 1 N–H and O–H groups in total. The normalized spacial score (nSPS) is 21.3. The van der Waals surface area contributed by atoms with Gasteiger partial charge in [-0.05, 0) is 11.6 Å². The lowest BCUT2D eigenvalue weighted by Crippen LogP contribution is -2.70. The van der Waals surface area contributed by atoms with Crippen molar-refractivity contribution in [1.29, 1.82) is 0 Å². The SMILES string of the molecule is O=C1N[C@@H](Cc2ccccc2)C(=O)N2CCN(C(=O)c3cc(F)c(F)cc3F)C[C@H]12. The molecule has 2 aliphatic rings. The molecule has 6 nitrogen and oxygen atoms in total. The van der Waals surface area contributed by atoms with Crippen LogP contribution in [-0.2, 0) is 16.0 Å². The molecule has 0 spiro atoms. The summed E-state index contributed by atoms with van der Waals surface area (Å²) in [6, 6.07) is 8.44. The van der Waals surface area contributed by atoms with Gasteiger partial charge in [-0.2, -0.15) is 0 Å². The van der Waals surface area contributed by atoms with Gasteiger partial charge in [0.1, 0.15) is 17.9 Å². The highest BCUT2D eigenvalue weighted by molar-refractivity contribution is 5.99. The molecule has 3 amide bonds. The number of nitrogens with one attached hydrogen (secondary N) is 1. The summed E-state index contributed by atoms with van der Waals surface area (Å²) in [5, 5.41) is 2.69. The molecular weight excluding hydrogens is 399 g/mol. The van der Waals surface area contributed by atoms with Crippen LogP contribution in [0.25, 0.3) is 0 Å². The summed E-state index contributed by atoms with van der Waals surface area (Å²) in [5.41, 5.74) is 0.282. The average molecular weight is 417 g/mol. The Balaban J connectivity index is 1.49. The predicted octanol–water partition coefficient (Wildman–Crippen LogP) is 1.50. The molecule has 2 saturated heterocycles. The monoisotopic (exact) mass is 417 g/mol. The molecule has 156 valence electrons. The molecule has 9 heteroatoms. The fraction of sp³-hybridized carbons (Fsp3) is 0.286. The Morgan fingerprint density at radius 1 is 1.00 bits per heavy atom. The van der Waals surface area contributed by atoms with E-state index in [-0.39, 0.29) is 25.5 Å². The van der Waals surface area contributed by atoms with Crippen molar-refractivity contribution >= 4 is 17.7 Å². The lowest BCUT2D eigenvalue weighted by molar-refractivity contribution is -0.152. The maximum Gasteiger partial charge on any atom is 0.257 e. The van der Waals surface area contributed by atoms with E-state index in [9.17, 15) is 27.6 Å². The molecule has 30 heavy (non-hydrogen) atoms. The molecule has 2 heterocycles. The van der Waals surface area contributed by atoms with Crippen molar-refractivity contribution in [3.8, 4) is 0 Å². The van der Waals surface area contributed by atoms with Crippen molar-refractivity contribution in [1.82, 2.24) is 15.1 Å². The number of benzene rings is 2. The Morgan fingerprint density at radius 2 is 1.70 bits per heavy atom. The van der Waals surface area contributed by atoms with E-state index in [0.29, 0.717) is 18.6 Å². The second-order valence-corrected chi connectivity index (χ2v) is 7.30. The summed E-state index contributed by atoms with van der Waals surface area (Å²) < 4.78 is 40.6. The lowest BCUT2D eigenvalue weighted by atomic mass is 9.98. The fourth-order valence-corrected chi connectivity index (χ4v) is 3.83. The van der Waals surface area contributed by atoms with Crippen LogP contribution in [0.5, 0.6) is 0 Å². The number of hydrogen-bond donors (Lipinski definition) is 1. The van der Waals surface area contributed by atoms with Gasteiger partial charge in [0.25, 0.3) is 5.91 Å². The third-order valence-corrected chi connectivity index (χ3v) is 5.39. The smallest absolute Gasteiger partial charge is 0.257 e. The zero-order valence-corrected chi connectivity index (χ0v) is 15.8. The second-order valence-electron chi connectivity index (χ2n) is 7.30. The number of hydrogen-bond acceptors (Lipinski definition) is 3. The Morgan fingerprint density at radius 3 is 2.43 bits per heavy atom. The lowest BCUT2D eigenvalue weighted by Gasteiger charge is -2.45. The van der Waals surface area contributed by atoms with E-state index in [0.717, 1.165) is 5.56 Å². The van der Waals surface area contributed by atoms with E-state index in [1.165, 1.54) is 9.80 Å². The molecular formula is C21H18F3N3O3. The van der Waals surface area contributed by atoms with Crippen LogP contribution in [0.2, 0.25) is 0 Å². The van der Waals surface area contributed by atoms with Crippen molar-refractivity contribution in [3.63, 3.8) is 0 Å². The Kier molecular flexibility index (Phi) is 5.19. The predicted molar refractivity (Wildman–Crippen MR) is 99.8 cm³/mol. The number of halogens is 3. The van der Waals surface area contributed by atoms with Gasteiger partial charge in [0, 0.05) is 25.6 Å². The third-order valence-electron chi connectivity index (χ3n) is 5.39. The first-order chi connectivity index (χ1) is 14.3. The van der Waals surface area contributed by atoms with Gasteiger partial charge >= 0.3 is 0 Å². The van der Waals surface area contributed by atoms with Gasteiger partial charge in [0.15, 0.2) is 11.6 Å². The number of rotatable bonds is 3. The molecule has 4 rings (SSSR count). The molecule has 2 aromatic rings. The van der Waals surface area contributed by atoms with Crippen LogP contribution in [-0.4, -0.2) is 59.2 Å². The molecule has 2 atom stereocenters. The number of amides is 3. The molecule has 0 aromatic heterocycles. The van der Waals surface area contributed by atoms with Gasteiger partial charge in [-0.3, -0.25) is 14.4 Å². The van der Waals surface area contributed by atoms with E-state index < -0.39 is 46.9 Å². The van der Waals surface area contributed by atoms with Gasteiger partial charge in [0.05, 0.1) is 12.1 Å². The second kappa shape index (κ2) is 7.81. The van der Waals surface area contributed by atoms with Crippen molar-refractivity contribution in [2.75, 3.05) is 19.6 Å². The summed E-state index contributed by atoms with van der Waals surface area (Å²) >= 11 is 0. The van der Waals surface area contributed by atoms with Crippen molar-refractivity contribution in [2.45, 2.75) is 18.5 Å². The molecule has 0 saturated carbocycles. The first kappa shape index (κ1) is 19.9. The molecule has 0 bridgehead atoms. The first-order valence-corrected chi connectivity index (χ1v) is 9.43. The Labute approximate surface area is 170 Å². The standard InChI is InChI=1S/C21H18F3N3O3/c22-14-10-16(24)15(23)9-13(14)20(29)26-6-7-27-18(11-26)19(28)25-17(21(27)30)8-12-4-2-1-3-5-12/h1-5,9-10,17-18H,6-8,11H2,(H,25,28)/t17-,18+/m0/s1. The van der Waals surface area contributed by atoms with Gasteiger partial charge in [-0.25, -0.2) is 13.2 Å². The highest BCUT2D eigenvalue weighted by Crippen LogP contribution is 2.21. The quantitative estimate of drug-likeness (QED) is 0.770. The van der Waals surface area contributed by atoms with E-state index in [1.807, 2.05) is 30.3 Å². The maximum absolute atomic E-state index is 14.0. The van der Waals surface area contributed by atoms with Crippen LogP contribution >= 0.6 is 0 Å². The van der Waals surface area contributed by atoms with Crippen LogP contribution < -0.4 is 5.32 Å². The molecule has 0 radical (unpaired) electrons. The van der Waals surface area contributed by atoms with Crippen molar-refractivity contribution < 1.29 is 27.6 Å².